The fourth-order valence-corrected chi connectivity index (χ4v) is 1.68. The molecule has 0 aliphatic carbocycles. The van der Waals surface area contributed by atoms with Crippen LogP contribution in [-0.4, -0.2) is 27.3 Å². The van der Waals surface area contributed by atoms with Gasteiger partial charge in [0, 0.05) is 0 Å². The Kier molecular flexibility index (Phi) is 4.43. The number of carboxylic acids is 2. The number of hydrogen-bond acceptors (Lipinski definition) is 4. The molecule has 0 fully saturated rings. The third-order valence-electron chi connectivity index (χ3n) is 2.73. The largest absolute Gasteiger partial charge is 0.504 e. The van der Waals surface area contributed by atoms with Gasteiger partial charge in [-0.05, 0) is 29.8 Å². The highest BCUT2D eigenvalue weighted by Crippen LogP contribution is 2.29. The summed E-state index contributed by atoms with van der Waals surface area (Å²) in [5.74, 6) is -3.60. The summed E-state index contributed by atoms with van der Waals surface area (Å²) in [6.45, 7) is 0. The molecule has 0 saturated heterocycles. The van der Waals surface area contributed by atoms with Gasteiger partial charge in [-0.25, -0.2) is 9.59 Å². The summed E-state index contributed by atoms with van der Waals surface area (Å²) in [5.41, 5.74) is 0.464. The highest BCUT2D eigenvalue weighted by molar-refractivity contribution is 5.91. The first-order chi connectivity index (χ1) is 10.5. The molecule has 3 N–H and O–H groups in total. The van der Waals surface area contributed by atoms with Gasteiger partial charge >= 0.3 is 11.9 Å². The lowest BCUT2D eigenvalue weighted by molar-refractivity contribution is -0.134. The van der Waals surface area contributed by atoms with Crippen LogP contribution in [0.2, 0.25) is 0 Å². The van der Waals surface area contributed by atoms with E-state index >= 15 is 0 Å². The van der Waals surface area contributed by atoms with Crippen LogP contribution < -0.4 is 4.74 Å². The average molecular weight is 300 g/mol. The van der Waals surface area contributed by atoms with Gasteiger partial charge in [0.05, 0.1) is 5.56 Å². The van der Waals surface area contributed by atoms with Gasteiger partial charge in [-0.15, -0.1) is 0 Å². The van der Waals surface area contributed by atoms with Gasteiger partial charge in [0.25, 0.3) is 0 Å². The summed E-state index contributed by atoms with van der Waals surface area (Å²) in [6.07, 6.45) is 1.27. The first-order valence-electron chi connectivity index (χ1n) is 6.21. The van der Waals surface area contributed by atoms with E-state index in [1.54, 1.807) is 30.3 Å². The van der Waals surface area contributed by atoms with Crippen LogP contribution in [-0.2, 0) is 4.79 Å². The lowest BCUT2D eigenvalue weighted by Crippen LogP contribution is -2.08. The van der Waals surface area contributed by atoms with Crippen LogP contribution in [0.1, 0.15) is 15.9 Å². The van der Waals surface area contributed by atoms with Gasteiger partial charge in [0.1, 0.15) is 0 Å². The van der Waals surface area contributed by atoms with Gasteiger partial charge in [-0.1, -0.05) is 30.3 Å². The van der Waals surface area contributed by atoms with Gasteiger partial charge < -0.3 is 20.1 Å². The molecule has 0 unspecified atom stereocenters. The zero-order valence-corrected chi connectivity index (χ0v) is 11.3. The fraction of sp³-hybridized carbons (Fsp3) is 0. The molecule has 2 aromatic rings. The van der Waals surface area contributed by atoms with Crippen molar-refractivity contribution in [2.45, 2.75) is 0 Å². The quantitative estimate of drug-likeness (QED) is 0.579. The van der Waals surface area contributed by atoms with E-state index in [4.69, 9.17) is 9.84 Å². The molecule has 2 rings (SSSR count). The van der Waals surface area contributed by atoms with E-state index in [1.807, 2.05) is 0 Å². The van der Waals surface area contributed by atoms with E-state index in [2.05, 4.69) is 0 Å². The molecule has 0 aliphatic rings. The molecular weight excluding hydrogens is 288 g/mol. The molecule has 6 heteroatoms. The first kappa shape index (κ1) is 15.1. The number of aromatic hydroxyl groups is 1. The van der Waals surface area contributed by atoms with E-state index in [9.17, 15) is 19.8 Å². The van der Waals surface area contributed by atoms with E-state index < -0.39 is 17.7 Å². The van der Waals surface area contributed by atoms with Gasteiger partial charge in [0.15, 0.2) is 11.5 Å². The number of aliphatic carboxylic acids is 1. The Balaban J connectivity index is 2.37. The zero-order valence-electron chi connectivity index (χ0n) is 11.3. The van der Waals surface area contributed by atoms with Crippen molar-refractivity contribution in [1.29, 1.82) is 0 Å². The number of carbonyl (C=O) groups is 2. The molecule has 0 aliphatic heterocycles. The first-order valence-corrected chi connectivity index (χ1v) is 6.21. The number of benzene rings is 2. The van der Waals surface area contributed by atoms with Crippen LogP contribution >= 0.6 is 0 Å². The number of phenols is 1. The molecule has 0 radical (unpaired) electrons. The number of ether oxygens (including phenoxy) is 1. The maximum atomic E-state index is 11.2. The van der Waals surface area contributed by atoms with Crippen molar-refractivity contribution in [2.75, 3.05) is 0 Å². The van der Waals surface area contributed by atoms with Crippen LogP contribution in [0.4, 0.5) is 0 Å². The third-order valence-corrected chi connectivity index (χ3v) is 2.73. The van der Waals surface area contributed by atoms with Crippen molar-refractivity contribution in [3.8, 4) is 11.5 Å². The smallest absolute Gasteiger partial charge is 0.371 e. The summed E-state index contributed by atoms with van der Waals surface area (Å²) in [7, 11) is 0. The second-order valence-corrected chi connectivity index (χ2v) is 4.31. The number of rotatable bonds is 5. The Bertz CT molecular complexity index is 734. The average Bonchev–Trinajstić information content (AvgIpc) is 2.49. The molecule has 22 heavy (non-hydrogen) atoms. The van der Waals surface area contributed by atoms with Crippen LogP contribution in [0.3, 0.4) is 0 Å². The molecular formula is C16H12O6. The molecule has 6 nitrogen and oxygen atoms in total. The van der Waals surface area contributed by atoms with Crippen LogP contribution in [0.15, 0.2) is 54.3 Å². The Labute approximate surface area is 125 Å². The highest BCUT2D eigenvalue weighted by Gasteiger charge is 2.15. The van der Waals surface area contributed by atoms with Crippen molar-refractivity contribution in [2.24, 2.45) is 0 Å². The molecule has 2 aromatic carbocycles. The Hall–Kier alpha value is -3.28. The maximum Gasteiger partial charge on any atom is 0.371 e. The number of hydrogen-bond donors (Lipinski definition) is 3. The van der Waals surface area contributed by atoms with Gasteiger partial charge in [-0.2, -0.15) is 0 Å². The van der Waals surface area contributed by atoms with E-state index in [-0.39, 0.29) is 17.1 Å². The maximum absolute atomic E-state index is 11.2. The lowest BCUT2D eigenvalue weighted by atomic mass is 10.2. The minimum absolute atomic E-state index is 0.128. The molecule has 112 valence electrons. The van der Waals surface area contributed by atoms with Gasteiger partial charge in [-0.3, -0.25) is 0 Å². The van der Waals surface area contributed by atoms with E-state index in [1.165, 1.54) is 12.1 Å². The van der Waals surface area contributed by atoms with E-state index in [0.29, 0.717) is 5.56 Å². The number of aromatic carboxylic acids is 1. The standard InChI is InChI=1S/C16H12O6/c17-12-7-6-11(15(18)19)9-13(12)22-14(16(20)21)8-10-4-2-1-3-5-10/h1-9,17H,(H,18,19)(H,20,21)/b14-8+. The lowest BCUT2D eigenvalue weighted by Gasteiger charge is -2.09. The SMILES string of the molecule is O=C(O)/C(=C\c1ccccc1)Oc1cc(C(=O)O)ccc1O. The Morgan fingerprint density at radius 3 is 2.27 bits per heavy atom. The molecule has 0 bridgehead atoms. The van der Waals surface area contributed by atoms with Crippen LogP contribution in [0.5, 0.6) is 11.5 Å². The minimum atomic E-state index is -1.34. The molecule has 0 saturated carbocycles. The summed E-state index contributed by atoms with van der Waals surface area (Å²) in [5, 5.41) is 27.8. The topological polar surface area (TPSA) is 104 Å². The second kappa shape index (κ2) is 6.45. The molecule has 0 heterocycles. The highest BCUT2D eigenvalue weighted by atomic mass is 16.5. The predicted octanol–water partition coefficient (Wildman–Crippen LogP) is 2.59. The molecule has 0 atom stereocenters. The van der Waals surface area contributed by atoms with Crippen LogP contribution in [0, 0.1) is 0 Å². The van der Waals surface area contributed by atoms with Crippen LogP contribution in [0.25, 0.3) is 6.08 Å². The number of carboxylic acid groups (broad SMARTS) is 2. The minimum Gasteiger partial charge on any atom is -0.504 e. The van der Waals surface area contributed by atoms with Crippen molar-refractivity contribution in [3.63, 3.8) is 0 Å². The normalized spacial score (nSPS) is 11.0. The Morgan fingerprint density at radius 1 is 1.00 bits per heavy atom. The Morgan fingerprint density at radius 2 is 1.68 bits per heavy atom. The number of phenolic OH excluding ortho intramolecular Hbond substituents is 1. The van der Waals surface area contributed by atoms with Crippen molar-refractivity contribution >= 4 is 18.0 Å². The van der Waals surface area contributed by atoms with Gasteiger partial charge in [0.2, 0.25) is 5.76 Å². The fourth-order valence-electron chi connectivity index (χ4n) is 1.68. The summed E-state index contributed by atoms with van der Waals surface area (Å²) in [4.78, 5) is 22.2. The van der Waals surface area contributed by atoms with Crippen molar-refractivity contribution < 1.29 is 29.6 Å². The van der Waals surface area contributed by atoms with E-state index in [0.717, 1.165) is 12.1 Å². The second-order valence-electron chi connectivity index (χ2n) is 4.31. The van der Waals surface area contributed by atoms with Crippen molar-refractivity contribution in [3.05, 3.63) is 65.4 Å². The monoisotopic (exact) mass is 300 g/mol. The summed E-state index contributed by atoms with van der Waals surface area (Å²) < 4.78 is 5.15. The zero-order chi connectivity index (χ0) is 16.1. The summed E-state index contributed by atoms with van der Waals surface area (Å²) in [6, 6.07) is 12.0. The third kappa shape index (κ3) is 3.63. The predicted molar refractivity (Wildman–Crippen MR) is 77.7 cm³/mol. The summed E-state index contributed by atoms with van der Waals surface area (Å²) >= 11 is 0. The molecule has 0 spiro atoms. The molecule has 0 amide bonds. The van der Waals surface area contributed by atoms with Crippen molar-refractivity contribution in [1.82, 2.24) is 0 Å². The molecule has 0 aromatic heterocycles.